The second kappa shape index (κ2) is 15.1. The number of phenolic OH excluding ortho intramolecular Hbond substituents is 1. The van der Waals surface area contributed by atoms with Crippen LogP contribution in [0.2, 0.25) is 0 Å². The van der Waals surface area contributed by atoms with Crippen molar-refractivity contribution in [3.8, 4) is 5.75 Å². The van der Waals surface area contributed by atoms with E-state index >= 15 is 0 Å². The van der Waals surface area contributed by atoms with Crippen molar-refractivity contribution < 1.29 is 34.2 Å². The van der Waals surface area contributed by atoms with Crippen molar-refractivity contribution in [1.29, 1.82) is 0 Å². The predicted molar refractivity (Wildman–Crippen MR) is 156 cm³/mol. The molecule has 3 atom stereocenters. The summed E-state index contributed by atoms with van der Waals surface area (Å²) >= 11 is 0. The van der Waals surface area contributed by atoms with E-state index in [2.05, 4.69) is 10.6 Å². The molecule has 12 heteroatoms. The summed E-state index contributed by atoms with van der Waals surface area (Å²) in [4.78, 5) is 65.4. The van der Waals surface area contributed by atoms with E-state index in [9.17, 15) is 34.2 Å². The van der Waals surface area contributed by atoms with E-state index in [1.165, 1.54) is 26.0 Å². The lowest BCUT2D eigenvalue weighted by molar-refractivity contribution is -0.151. The first-order chi connectivity index (χ1) is 19.6. The molecule has 0 saturated carbocycles. The molecule has 0 aromatic heterocycles. The molecule has 228 valence electrons. The third-order valence-corrected chi connectivity index (χ3v) is 6.33. The molecule has 0 spiro atoms. The number of benzene rings is 2. The normalized spacial score (nSPS) is 13.5. The van der Waals surface area contributed by atoms with Crippen LogP contribution in [0.15, 0.2) is 54.6 Å². The highest BCUT2D eigenvalue weighted by molar-refractivity contribution is 6.04. The van der Waals surface area contributed by atoms with E-state index in [4.69, 9.17) is 11.5 Å². The lowest BCUT2D eigenvalue weighted by Gasteiger charge is -2.30. The molecule has 0 saturated heterocycles. The van der Waals surface area contributed by atoms with Gasteiger partial charge in [0.15, 0.2) is 0 Å². The van der Waals surface area contributed by atoms with Gasteiger partial charge in [0.2, 0.25) is 23.6 Å². The minimum atomic E-state index is -1.53. The molecule has 0 unspecified atom stereocenters. The average molecular weight is 584 g/mol. The van der Waals surface area contributed by atoms with Gasteiger partial charge in [0.25, 0.3) is 0 Å². The number of aromatic hydroxyl groups is 1. The van der Waals surface area contributed by atoms with Gasteiger partial charge in [-0.25, -0.2) is 4.79 Å². The summed E-state index contributed by atoms with van der Waals surface area (Å²) in [6.45, 7) is 5.63. The van der Waals surface area contributed by atoms with Crippen LogP contribution in [-0.4, -0.2) is 74.9 Å². The van der Waals surface area contributed by atoms with Gasteiger partial charge in [-0.15, -0.1) is 0 Å². The van der Waals surface area contributed by atoms with Gasteiger partial charge in [0, 0.05) is 6.42 Å². The lowest BCUT2D eigenvalue weighted by atomic mass is 10.0. The fraction of sp³-hybridized carbons (Fsp3) is 0.433. The van der Waals surface area contributed by atoms with Gasteiger partial charge in [0.05, 0.1) is 11.6 Å². The van der Waals surface area contributed by atoms with Crippen LogP contribution in [0.4, 0.5) is 0 Å². The molecule has 0 aliphatic heterocycles. The highest BCUT2D eigenvalue weighted by Crippen LogP contribution is 2.14. The molecule has 2 aromatic rings. The fourth-order valence-electron chi connectivity index (χ4n) is 4.18. The molecule has 0 aliphatic rings. The minimum Gasteiger partial charge on any atom is -0.508 e. The summed E-state index contributed by atoms with van der Waals surface area (Å²) in [6, 6.07) is 11.2. The molecular weight excluding hydrogens is 542 g/mol. The van der Waals surface area contributed by atoms with E-state index in [0.29, 0.717) is 16.0 Å². The summed E-state index contributed by atoms with van der Waals surface area (Å²) in [5.41, 5.74) is 11.9. The number of carboxylic acid groups (broad SMARTS) is 1. The van der Waals surface area contributed by atoms with Crippen molar-refractivity contribution in [3.63, 3.8) is 0 Å². The maximum absolute atomic E-state index is 13.3. The van der Waals surface area contributed by atoms with Crippen molar-refractivity contribution in [2.75, 3.05) is 6.54 Å². The number of carboxylic acids is 1. The second-order valence-electron chi connectivity index (χ2n) is 11.3. The molecule has 4 amide bonds. The Morgan fingerprint density at radius 3 is 1.98 bits per heavy atom. The van der Waals surface area contributed by atoms with E-state index in [0.717, 1.165) is 0 Å². The number of carbonyl (C=O) groups is 5. The standard InChI is InChI=1S/C30H41N5O7/c1-18(2)14-24(28(40)41)34-26(38)23(16-19-8-6-5-7-9-19)33-25(37)17-35(29(42)30(3,4)32)27(39)22(31)15-20-10-12-21(36)13-11-20/h5-13,18,22-24,36H,14-17,31-32H2,1-4H3,(H,33,37)(H,34,38)(H,40,41)/t22-,23-,24-/m0/s1. The Labute approximate surface area is 245 Å². The highest BCUT2D eigenvalue weighted by atomic mass is 16.4. The van der Waals surface area contributed by atoms with Crippen molar-refractivity contribution >= 4 is 29.6 Å². The lowest BCUT2D eigenvalue weighted by Crippen LogP contribution is -2.60. The molecule has 0 radical (unpaired) electrons. The molecule has 2 rings (SSSR count). The Kier molecular flexibility index (Phi) is 12.2. The number of hydrogen-bond donors (Lipinski definition) is 6. The van der Waals surface area contributed by atoms with Crippen LogP contribution < -0.4 is 22.1 Å². The first kappa shape index (κ1) is 33.9. The molecule has 0 fully saturated rings. The maximum atomic E-state index is 13.3. The van der Waals surface area contributed by atoms with Crippen LogP contribution in [0.3, 0.4) is 0 Å². The largest absolute Gasteiger partial charge is 0.508 e. The zero-order valence-electron chi connectivity index (χ0n) is 24.4. The SMILES string of the molecule is CC(C)C[C@H](NC(=O)[C@H](Cc1ccccc1)NC(=O)CN(C(=O)[C@@H](N)Cc1ccc(O)cc1)C(=O)C(C)(C)N)C(=O)O. The summed E-state index contributed by atoms with van der Waals surface area (Å²) in [5, 5.41) is 24.1. The highest BCUT2D eigenvalue weighted by Gasteiger charge is 2.36. The van der Waals surface area contributed by atoms with Gasteiger partial charge < -0.3 is 32.3 Å². The number of aliphatic carboxylic acids is 1. The Morgan fingerprint density at radius 1 is 0.881 bits per heavy atom. The van der Waals surface area contributed by atoms with Crippen molar-refractivity contribution in [1.82, 2.24) is 15.5 Å². The van der Waals surface area contributed by atoms with Gasteiger partial charge in [0.1, 0.15) is 24.4 Å². The van der Waals surface area contributed by atoms with Crippen LogP contribution in [0, 0.1) is 5.92 Å². The quantitative estimate of drug-likeness (QED) is 0.185. The number of nitrogens with zero attached hydrogens (tertiary/aromatic N) is 1. The number of nitrogens with two attached hydrogens (primary N) is 2. The summed E-state index contributed by atoms with van der Waals surface area (Å²) < 4.78 is 0. The Balaban J connectivity index is 2.28. The van der Waals surface area contributed by atoms with Gasteiger partial charge in [-0.2, -0.15) is 0 Å². The molecule has 0 aliphatic carbocycles. The van der Waals surface area contributed by atoms with E-state index in [-0.39, 0.29) is 30.9 Å². The number of phenols is 1. The van der Waals surface area contributed by atoms with Crippen molar-refractivity contribution in [3.05, 3.63) is 65.7 Å². The van der Waals surface area contributed by atoms with E-state index < -0.39 is 59.8 Å². The van der Waals surface area contributed by atoms with Crippen LogP contribution in [0.1, 0.15) is 45.2 Å². The van der Waals surface area contributed by atoms with E-state index in [1.54, 1.807) is 42.5 Å². The van der Waals surface area contributed by atoms with Gasteiger partial charge in [-0.3, -0.25) is 24.1 Å². The third-order valence-electron chi connectivity index (χ3n) is 6.33. The smallest absolute Gasteiger partial charge is 0.326 e. The Hall–Kier alpha value is -4.29. The van der Waals surface area contributed by atoms with Gasteiger partial charge >= 0.3 is 5.97 Å². The molecule has 2 aromatic carbocycles. The number of rotatable bonds is 14. The minimum absolute atomic E-state index is 0.0149. The van der Waals surface area contributed by atoms with Crippen LogP contribution in [0.5, 0.6) is 5.75 Å². The maximum Gasteiger partial charge on any atom is 0.326 e. The summed E-state index contributed by atoms with van der Waals surface area (Å²) in [6.07, 6.45) is 0.215. The van der Waals surface area contributed by atoms with Gasteiger partial charge in [-0.05, 0) is 55.9 Å². The molecule has 0 heterocycles. The molecular formula is C30H41N5O7. The summed E-state index contributed by atoms with van der Waals surface area (Å²) in [7, 11) is 0. The Bertz CT molecular complexity index is 1240. The predicted octanol–water partition coefficient (Wildman–Crippen LogP) is 0.698. The van der Waals surface area contributed by atoms with Crippen LogP contribution in [-0.2, 0) is 36.8 Å². The topological polar surface area (TPSA) is 205 Å². The van der Waals surface area contributed by atoms with E-state index in [1.807, 2.05) is 13.8 Å². The molecule has 12 nitrogen and oxygen atoms in total. The third kappa shape index (κ3) is 10.6. The zero-order valence-corrected chi connectivity index (χ0v) is 24.4. The fourth-order valence-corrected chi connectivity index (χ4v) is 4.18. The number of hydrogen-bond acceptors (Lipinski definition) is 8. The molecule has 0 bridgehead atoms. The molecule has 8 N–H and O–H groups in total. The monoisotopic (exact) mass is 583 g/mol. The first-order valence-corrected chi connectivity index (χ1v) is 13.6. The second-order valence-corrected chi connectivity index (χ2v) is 11.3. The Morgan fingerprint density at radius 2 is 1.45 bits per heavy atom. The van der Waals surface area contributed by atoms with Crippen LogP contribution in [0.25, 0.3) is 0 Å². The van der Waals surface area contributed by atoms with Gasteiger partial charge in [-0.1, -0.05) is 56.3 Å². The first-order valence-electron chi connectivity index (χ1n) is 13.6. The number of carbonyl (C=O) groups excluding carboxylic acids is 4. The average Bonchev–Trinajstić information content (AvgIpc) is 2.91. The number of amides is 4. The van der Waals surface area contributed by atoms with Crippen LogP contribution >= 0.6 is 0 Å². The zero-order chi connectivity index (χ0) is 31.6. The number of imide groups is 1. The molecule has 42 heavy (non-hydrogen) atoms. The van der Waals surface area contributed by atoms with Crippen molar-refractivity contribution in [2.24, 2.45) is 17.4 Å². The summed E-state index contributed by atoms with van der Waals surface area (Å²) in [5.74, 6) is -4.48. The number of nitrogens with one attached hydrogen (secondary N) is 2. The van der Waals surface area contributed by atoms with Crippen molar-refractivity contribution in [2.45, 2.75) is 70.6 Å².